The molecule has 0 nitrogen and oxygen atoms in total. The van der Waals surface area contributed by atoms with Crippen LogP contribution >= 0.6 is 11.8 Å². The van der Waals surface area contributed by atoms with Gasteiger partial charge in [0.15, 0.2) is 0 Å². The van der Waals surface area contributed by atoms with E-state index < -0.39 is 0 Å². The Morgan fingerprint density at radius 3 is 2.40 bits per heavy atom. The van der Waals surface area contributed by atoms with Gasteiger partial charge < -0.3 is 0 Å². The fourth-order valence-corrected chi connectivity index (χ4v) is 1.89. The van der Waals surface area contributed by atoms with Gasteiger partial charge in [0.2, 0.25) is 0 Å². The predicted molar refractivity (Wildman–Crippen MR) is 48.9 cm³/mol. The Bertz CT molecular complexity index is 177. The monoisotopic (exact) mass is 154 g/mol. The molecule has 1 aliphatic heterocycles. The van der Waals surface area contributed by atoms with Gasteiger partial charge in [-0.15, -0.1) is 0 Å². The van der Waals surface area contributed by atoms with Crippen LogP contribution in [0, 0.1) is 5.41 Å². The molecule has 0 saturated carbocycles. The maximum Gasteiger partial charge on any atom is -0.00429 e. The summed E-state index contributed by atoms with van der Waals surface area (Å²) < 4.78 is 0. The summed E-state index contributed by atoms with van der Waals surface area (Å²) in [5.74, 6) is 0. The lowest BCUT2D eigenvalue weighted by molar-refractivity contribution is 0.428. The number of thioether (sulfide) groups is 1. The summed E-state index contributed by atoms with van der Waals surface area (Å²) in [7, 11) is 0. The van der Waals surface area contributed by atoms with Crippen molar-refractivity contribution in [2.75, 3.05) is 0 Å². The zero-order valence-corrected chi connectivity index (χ0v) is 7.55. The van der Waals surface area contributed by atoms with E-state index in [0.717, 1.165) is 6.42 Å². The van der Waals surface area contributed by atoms with Crippen molar-refractivity contribution in [2.45, 2.75) is 26.7 Å². The molecule has 0 amide bonds. The molecule has 0 aromatic carbocycles. The van der Waals surface area contributed by atoms with E-state index in [2.05, 4.69) is 27.0 Å². The SMILES string of the molecule is C=C1CCC(C)(C)C(=C)S1. The third-order valence-electron chi connectivity index (χ3n) is 2.05. The Morgan fingerprint density at radius 1 is 1.40 bits per heavy atom. The van der Waals surface area contributed by atoms with Gasteiger partial charge in [-0.2, -0.15) is 0 Å². The van der Waals surface area contributed by atoms with E-state index in [1.807, 2.05) is 0 Å². The first-order chi connectivity index (χ1) is 4.52. The fraction of sp³-hybridized carbons (Fsp3) is 0.556. The molecule has 0 unspecified atom stereocenters. The average molecular weight is 154 g/mol. The van der Waals surface area contributed by atoms with Crippen LogP contribution in [0.2, 0.25) is 0 Å². The highest BCUT2D eigenvalue weighted by molar-refractivity contribution is 8.06. The van der Waals surface area contributed by atoms with E-state index in [1.165, 1.54) is 16.2 Å². The van der Waals surface area contributed by atoms with Gasteiger partial charge in [0.25, 0.3) is 0 Å². The Balaban J connectivity index is 2.70. The van der Waals surface area contributed by atoms with Crippen molar-refractivity contribution in [1.29, 1.82) is 0 Å². The Kier molecular flexibility index (Phi) is 1.95. The number of allylic oxidation sites excluding steroid dienone is 2. The Morgan fingerprint density at radius 2 is 2.00 bits per heavy atom. The summed E-state index contributed by atoms with van der Waals surface area (Å²) in [5, 5.41) is 0. The molecular formula is C9H14S. The third kappa shape index (κ3) is 1.46. The third-order valence-corrected chi connectivity index (χ3v) is 3.34. The molecule has 1 fully saturated rings. The van der Waals surface area contributed by atoms with Crippen LogP contribution in [-0.4, -0.2) is 0 Å². The van der Waals surface area contributed by atoms with Crippen LogP contribution in [0.15, 0.2) is 23.0 Å². The first kappa shape index (κ1) is 7.93. The molecule has 1 heterocycles. The smallest absolute Gasteiger partial charge is 0.00429 e. The highest BCUT2D eigenvalue weighted by Gasteiger charge is 2.26. The van der Waals surface area contributed by atoms with Crippen molar-refractivity contribution in [2.24, 2.45) is 5.41 Å². The van der Waals surface area contributed by atoms with Crippen LogP contribution in [0.4, 0.5) is 0 Å². The Hall–Kier alpha value is -0.170. The lowest BCUT2D eigenvalue weighted by Gasteiger charge is -2.32. The average Bonchev–Trinajstić information content (AvgIpc) is 1.81. The van der Waals surface area contributed by atoms with Gasteiger partial charge >= 0.3 is 0 Å². The summed E-state index contributed by atoms with van der Waals surface area (Å²) >= 11 is 1.76. The van der Waals surface area contributed by atoms with Crippen LogP contribution in [0.25, 0.3) is 0 Å². The minimum atomic E-state index is 0.325. The first-order valence-electron chi connectivity index (χ1n) is 3.57. The van der Waals surface area contributed by atoms with Gasteiger partial charge in [-0.1, -0.05) is 38.8 Å². The molecule has 56 valence electrons. The summed E-state index contributed by atoms with van der Waals surface area (Å²) in [6.45, 7) is 12.4. The van der Waals surface area contributed by atoms with Crippen LogP contribution in [0.5, 0.6) is 0 Å². The van der Waals surface area contributed by atoms with Crippen LogP contribution in [0.1, 0.15) is 26.7 Å². The standard InChI is InChI=1S/C9H14S/c1-7-5-6-9(3,4)8(2)10-7/h1-2,5-6H2,3-4H3. The molecule has 1 rings (SSSR count). The quantitative estimate of drug-likeness (QED) is 0.514. The highest BCUT2D eigenvalue weighted by Crippen LogP contribution is 2.47. The molecule has 0 bridgehead atoms. The molecule has 1 saturated heterocycles. The fourth-order valence-electron chi connectivity index (χ4n) is 0.955. The molecule has 1 aliphatic rings. The Labute approximate surface area is 67.4 Å². The molecule has 10 heavy (non-hydrogen) atoms. The van der Waals surface area contributed by atoms with Crippen molar-refractivity contribution in [3.05, 3.63) is 23.0 Å². The maximum absolute atomic E-state index is 4.02. The summed E-state index contributed by atoms with van der Waals surface area (Å²) in [5.41, 5.74) is 0.325. The van der Waals surface area contributed by atoms with Gasteiger partial charge in [0, 0.05) is 0 Å². The van der Waals surface area contributed by atoms with E-state index in [4.69, 9.17) is 0 Å². The first-order valence-corrected chi connectivity index (χ1v) is 4.39. The van der Waals surface area contributed by atoms with Gasteiger partial charge in [0.1, 0.15) is 0 Å². The molecule has 0 N–H and O–H groups in total. The van der Waals surface area contributed by atoms with Gasteiger partial charge in [-0.05, 0) is 28.1 Å². The second-order valence-electron chi connectivity index (χ2n) is 3.45. The van der Waals surface area contributed by atoms with Crippen molar-refractivity contribution < 1.29 is 0 Å². The molecule has 0 radical (unpaired) electrons. The predicted octanol–water partition coefficient (Wildman–Crippen LogP) is 3.57. The second kappa shape index (κ2) is 2.46. The summed E-state index contributed by atoms with van der Waals surface area (Å²) in [4.78, 5) is 2.54. The molecule has 1 heteroatoms. The largest absolute Gasteiger partial charge is 0.0997 e. The lowest BCUT2D eigenvalue weighted by atomic mass is 9.87. The zero-order chi connectivity index (χ0) is 7.78. The second-order valence-corrected chi connectivity index (χ2v) is 4.72. The lowest BCUT2D eigenvalue weighted by Crippen LogP contribution is -2.15. The van der Waals surface area contributed by atoms with E-state index in [-0.39, 0.29) is 0 Å². The molecule has 0 aliphatic carbocycles. The van der Waals surface area contributed by atoms with Crippen molar-refractivity contribution in [3.8, 4) is 0 Å². The highest BCUT2D eigenvalue weighted by atomic mass is 32.2. The van der Waals surface area contributed by atoms with Gasteiger partial charge in [-0.25, -0.2) is 0 Å². The minimum absolute atomic E-state index is 0.325. The van der Waals surface area contributed by atoms with E-state index in [9.17, 15) is 0 Å². The summed E-state index contributed by atoms with van der Waals surface area (Å²) in [6.07, 6.45) is 2.36. The molecule has 0 spiro atoms. The van der Waals surface area contributed by atoms with Crippen molar-refractivity contribution in [1.82, 2.24) is 0 Å². The molecule has 0 aromatic heterocycles. The normalized spacial score (nSPS) is 25.0. The van der Waals surface area contributed by atoms with Crippen LogP contribution in [0.3, 0.4) is 0 Å². The van der Waals surface area contributed by atoms with E-state index in [1.54, 1.807) is 11.8 Å². The number of rotatable bonds is 0. The zero-order valence-electron chi connectivity index (χ0n) is 6.74. The molecule has 0 aromatic rings. The van der Waals surface area contributed by atoms with E-state index >= 15 is 0 Å². The summed E-state index contributed by atoms with van der Waals surface area (Å²) in [6, 6.07) is 0. The number of hydrogen-bond donors (Lipinski definition) is 0. The maximum atomic E-state index is 4.02. The van der Waals surface area contributed by atoms with Crippen molar-refractivity contribution in [3.63, 3.8) is 0 Å². The van der Waals surface area contributed by atoms with E-state index in [0.29, 0.717) is 5.41 Å². The van der Waals surface area contributed by atoms with Gasteiger partial charge in [-0.3, -0.25) is 0 Å². The molecular weight excluding hydrogens is 140 g/mol. The minimum Gasteiger partial charge on any atom is -0.0997 e. The molecule has 0 atom stereocenters. The van der Waals surface area contributed by atoms with Crippen LogP contribution in [-0.2, 0) is 0 Å². The van der Waals surface area contributed by atoms with Gasteiger partial charge in [0.05, 0.1) is 0 Å². The van der Waals surface area contributed by atoms with Crippen LogP contribution < -0.4 is 0 Å². The number of hydrogen-bond acceptors (Lipinski definition) is 1. The van der Waals surface area contributed by atoms with Crippen molar-refractivity contribution >= 4 is 11.8 Å². The topological polar surface area (TPSA) is 0 Å².